The van der Waals surface area contributed by atoms with Crippen LogP contribution in [0.15, 0.2) is 71.3 Å². The second-order valence-corrected chi connectivity index (χ2v) is 8.48. The van der Waals surface area contributed by atoms with Crippen molar-refractivity contribution in [3.05, 3.63) is 93.9 Å². The number of hydrogen-bond acceptors (Lipinski definition) is 7. The predicted molar refractivity (Wildman–Crippen MR) is 112 cm³/mol. The lowest BCUT2D eigenvalue weighted by Crippen LogP contribution is -2.30. The number of non-ortho nitro benzene ring substituents is 1. The molecule has 2 aromatic carbocycles. The van der Waals surface area contributed by atoms with Gasteiger partial charge in [0, 0.05) is 24.2 Å². The van der Waals surface area contributed by atoms with Crippen LogP contribution in [-0.4, -0.2) is 29.9 Å². The minimum absolute atomic E-state index is 0.105. The minimum Gasteiger partial charge on any atom is -0.467 e. The lowest BCUT2D eigenvalue weighted by Gasteiger charge is -2.22. The number of hydrogen-bond donors (Lipinski definition) is 0. The summed E-state index contributed by atoms with van der Waals surface area (Å²) in [5.74, 6) is 0.282. The van der Waals surface area contributed by atoms with E-state index in [1.165, 1.54) is 54.5 Å². The lowest BCUT2D eigenvalue weighted by molar-refractivity contribution is -0.384. The maximum absolute atomic E-state index is 13.1. The van der Waals surface area contributed by atoms with E-state index in [0.29, 0.717) is 11.3 Å². The Balaban J connectivity index is 1.80. The van der Waals surface area contributed by atoms with E-state index < -0.39 is 15.0 Å². The van der Waals surface area contributed by atoms with Crippen LogP contribution >= 0.6 is 0 Å². The Hall–Kier alpha value is -3.66. The van der Waals surface area contributed by atoms with E-state index in [1.54, 1.807) is 24.3 Å². The summed E-state index contributed by atoms with van der Waals surface area (Å²) in [5.41, 5.74) is 0.931. The number of nitro groups is 1. The zero-order valence-electron chi connectivity index (χ0n) is 16.6. The lowest BCUT2D eigenvalue weighted by atomic mass is 10.1. The topological polar surface area (TPSA) is 120 Å². The molecule has 0 fully saturated rings. The molecule has 0 saturated heterocycles. The number of carbonyl (C=O) groups is 1. The van der Waals surface area contributed by atoms with Gasteiger partial charge in [0.1, 0.15) is 11.5 Å². The van der Waals surface area contributed by atoms with Gasteiger partial charge in [0.05, 0.1) is 23.5 Å². The molecule has 0 N–H and O–H groups in total. The monoisotopic (exact) mass is 444 g/mol. The van der Waals surface area contributed by atoms with Gasteiger partial charge in [-0.25, -0.2) is 0 Å². The van der Waals surface area contributed by atoms with Gasteiger partial charge in [-0.2, -0.15) is 8.42 Å². The van der Waals surface area contributed by atoms with Crippen LogP contribution in [0.3, 0.4) is 0 Å². The van der Waals surface area contributed by atoms with Crippen LogP contribution in [0, 0.1) is 10.1 Å². The van der Waals surface area contributed by atoms with E-state index in [0.717, 1.165) is 5.56 Å². The Kier molecular flexibility index (Phi) is 6.71. The van der Waals surface area contributed by atoms with Crippen LogP contribution in [-0.2, 0) is 23.2 Å². The third-order valence-electron chi connectivity index (χ3n) is 4.41. The van der Waals surface area contributed by atoms with Gasteiger partial charge in [0.25, 0.3) is 11.6 Å². The zero-order valence-corrected chi connectivity index (χ0v) is 17.4. The number of nitro benzene ring substituents is 1. The van der Waals surface area contributed by atoms with Crippen LogP contribution in [0.25, 0.3) is 0 Å². The Morgan fingerprint density at radius 3 is 2.29 bits per heavy atom. The van der Waals surface area contributed by atoms with E-state index >= 15 is 0 Å². The highest BCUT2D eigenvalue weighted by Gasteiger charge is 2.19. The molecule has 3 aromatic rings. The van der Waals surface area contributed by atoms with Crippen LogP contribution in [0.1, 0.15) is 28.6 Å². The van der Waals surface area contributed by atoms with Crippen molar-refractivity contribution in [1.29, 1.82) is 0 Å². The van der Waals surface area contributed by atoms with Crippen molar-refractivity contribution in [2.75, 3.05) is 5.75 Å². The predicted octanol–water partition coefficient (Wildman–Crippen LogP) is 3.76. The number of benzene rings is 2. The Bertz CT molecular complexity index is 1140. The first-order valence-electron chi connectivity index (χ1n) is 9.34. The molecule has 0 atom stereocenters. The summed E-state index contributed by atoms with van der Waals surface area (Å²) in [6.45, 7) is 1.88. The molecule has 1 amide bonds. The van der Waals surface area contributed by atoms with E-state index in [2.05, 4.69) is 0 Å². The first-order chi connectivity index (χ1) is 14.8. The molecule has 10 heteroatoms. The molecule has 162 valence electrons. The second-order valence-electron chi connectivity index (χ2n) is 6.62. The summed E-state index contributed by atoms with van der Waals surface area (Å²) < 4.78 is 33.5. The number of carbonyl (C=O) groups excluding carboxylic acids is 1. The maximum atomic E-state index is 13.1. The fourth-order valence-corrected chi connectivity index (χ4v) is 3.30. The van der Waals surface area contributed by atoms with Gasteiger partial charge in [0.2, 0.25) is 0 Å². The fraction of sp³-hybridized carbons (Fsp3) is 0.190. The molecule has 1 heterocycles. The van der Waals surface area contributed by atoms with Crippen molar-refractivity contribution in [2.45, 2.75) is 20.0 Å². The van der Waals surface area contributed by atoms with E-state index in [4.69, 9.17) is 8.60 Å². The Morgan fingerprint density at radius 2 is 1.74 bits per heavy atom. The molecular weight excluding hydrogens is 424 g/mol. The standard InChI is InChI=1S/C21H20N2O7S/c1-2-31(27,28)30-19-11-5-16(6-12-19)14-22(15-20-4-3-13-29-20)21(24)17-7-9-18(10-8-17)23(25)26/h3-13H,2,14-15H2,1H3. The van der Waals surface area contributed by atoms with Gasteiger partial charge in [-0.15, -0.1) is 0 Å². The van der Waals surface area contributed by atoms with Crippen molar-refractivity contribution < 1.29 is 26.7 Å². The highest BCUT2D eigenvalue weighted by atomic mass is 32.2. The number of nitrogens with zero attached hydrogens (tertiary/aromatic N) is 2. The summed E-state index contributed by atoms with van der Waals surface area (Å²) in [6, 6.07) is 15.2. The molecule has 9 nitrogen and oxygen atoms in total. The van der Waals surface area contributed by atoms with Gasteiger partial charge in [0.15, 0.2) is 0 Å². The van der Waals surface area contributed by atoms with Crippen molar-refractivity contribution in [3.63, 3.8) is 0 Å². The van der Waals surface area contributed by atoms with Crippen molar-refractivity contribution in [3.8, 4) is 5.75 Å². The Morgan fingerprint density at radius 1 is 1.06 bits per heavy atom. The smallest absolute Gasteiger partial charge is 0.308 e. The van der Waals surface area contributed by atoms with Gasteiger partial charge >= 0.3 is 10.1 Å². The summed E-state index contributed by atoms with van der Waals surface area (Å²) in [7, 11) is -3.63. The van der Waals surface area contributed by atoms with Crippen LogP contribution in [0.4, 0.5) is 5.69 Å². The van der Waals surface area contributed by atoms with E-state index in [-0.39, 0.29) is 36.2 Å². The third-order valence-corrected chi connectivity index (χ3v) is 5.57. The molecule has 3 rings (SSSR count). The van der Waals surface area contributed by atoms with Crippen molar-refractivity contribution >= 4 is 21.7 Å². The van der Waals surface area contributed by atoms with Crippen molar-refractivity contribution in [2.24, 2.45) is 0 Å². The normalized spacial score (nSPS) is 11.1. The van der Waals surface area contributed by atoms with E-state index in [1.807, 2.05) is 0 Å². The summed E-state index contributed by atoms with van der Waals surface area (Å²) in [5, 5.41) is 10.9. The van der Waals surface area contributed by atoms with Crippen LogP contribution in [0.5, 0.6) is 5.75 Å². The SMILES string of the molecule is CCS(=O)(=O)Oc1ccc(CN(Cc2ccco2)C(=O)c2ccc([N+](=O)[O-])cc2)cc1. The average Bonchev–Trinajstić information content (AvgIpc) is 3.27. The van der Waals surface area contributed by atoms with E-state index in [9.17, 15) is 23.3 Å². The zero-order chi connectivity index (χ0) is 22.4. The highest BCUT2D eigenvalue weighted by Crippen LogP contribution is 2.20. The van der Waals surface area contributed by atoms with Gasteiger partial charge in [-0.1, -0.05) is 12.1 Å². The molecule has 0 unspecified atom stereocenters. The van der Waals surface area contributed by atoms with Gasteiger partial charge in [-0.05, 0) is 48.9 Å². The highest BCUT2D eigenvalue weighted by molar-refractivity contribution is 7.87. The first-order valence-corrected chi connectivity index (χ1v) is 10.9. The fourth-order valence-electron chi connectivity index (χ4n) is 2.77. The maximum Gasteiger partial charge on any atom is 0.308 e. The van der Waals surface area contributed by atoms with Gasteiger partial charge in [-0.3, -0.25) is 14.9 Å². The molecule has 0 aliphatic rings. The summed E-state index contributed by atoms with van der Waals surface area (Å²) >= 11 is 0. The summed E-state index contributed by atoms with van der Waals surface area (Å²) in [4.78, 5) is 24.9. The number of furan rings is 1. The number of rotatable bonds is 9. The molecule has 0 spiro atoms. The molecule has 0 aliphatic carbocycles. The van der Waals surface area contributed by atoms with Crippen LogP contribution < -0.4 is 4.18 Å². The molecule has 0 aliphatic heterocycles. The van der Waals surface area contributed by atoms with Gasteiger partial charge < -0.3 is 13.5 Å². The molecule has 0 saturated carbocycles. The minimum atomic E-state index is -3.63. The second kappa shape index (κ2) is 9.43. The number of amides is 1. The molecule has 0 bridgehead atoms. The molecular formula is C21H20N2O7S. The largest absolute Gasteiger partial charge is 0.467 e. The third kappa shape index (κ3) is 5.92. The average molecular weight is 444 g/mol. The summed E-state index contributed by atoms with van der Waals surface area (Å²) in [6.07, 6.45) is 1.50. The molecule has 31 heavy (non-hydrogen) atoms. The quantitative estimate of drug-likeness (QED) is 0.280. The first kappa shape index (κ1) is 22.0. The van der Waals surface area contributed by atoms with Crippen LogP contribution in [0.2, 0.25) is 0 Å². The molecule has 1 aromatic heterocycles. The van der Waals surface area contributed by atoms with Crippen molar-refractivity contribution in [1.82, 2.24) is 4.90 Å². The molecule has 0 radical (unpaired) electrons. The Labute approximate surface area is 179 Å².